The lowest BCUT2D eigenvalue weighted by molar-refractivity contribution is -0.131. The molecule has 2 amide bonds. The maximum absolute atomic E-state index is 13.1. The Hall–Kier alpha value is -3.12. The molecule has 0 radical (unpaired) electrons. The summed E-state index contributed by atoms with van der Waals surface area (Å²) in [5.74, 6) is -0.319. The van der Waals surface area contributed by atoms with E-state index in [-0.39, 0.29) is 18.4 Å². The van der Waals surface area contributed by atoms with Crippen LogP contribution in [0, 0.1) is 6.92 Å². The molecule has 0 aliphatic carbocycles. The number of rotatable bonds is 3. The highest BCUT2D eigenvalue weighted by molar-refractivity contribution is 6.08. The molecule has 4 rings (SSSR count). The normalized spacial score (nSPS) is 17.1. The molecule has 1 aliphatic heterocycles. The van der Waals surface area contributed by atoms with Crippen molar-refractivity contribution in [3.8, 4) is 0 Å². The number of hydrogen-bond acceptors (Lipinski definition) is 3. The fraction of sp³-hybridized carbons (Fsp3) is 0.238. The number of morpholine rings is 1. The third kappa shape index (κ3) is 3.44. The topological polar surface area (TPSA) is 74.4 Å². The monoisotopic (exact) mass is 363 g/mol. The zero-order chi connectivity index (χ0) is 18.8. The molecule has 138 valence electrons. The van der Waals surface area contributed by atoms with Crippen LogP contribution in [-0.4, -0.2) is 47.5 Å². The summed E-state index contributed by atoms with van der Waals surface area (Å²) in [6.07, 6.45) is -0.687. The van der Waals surface area contributed by atoms with E-state index < -0.39 is 6.10 Å². The van der Waals surface area contributed by atoms with Gasteiger partial charge in [0.15, 0.2) is 6.10 Å². The van der Waals surface area contributed by atoms with Crippen LogP contribution in [0.2, 0.25) is 0 Å². The largest absolute Gasteiger partial charge is 0.365 e. The van der Waals surface area contributed by atoms with Gasteiger partial charge in [-0.1, -0.05) is 36.4 Å². The maximum atomic E-state index is 13.1. The molecule has 1 aliphatic rings. The average molecular weight is 363 g/mol. The van der Waals surface area contributed by atoms with Gasteiger partial charge in [0.05, 0.1) is 18.7 Å². The number of para-hydroxylation sites is 2. The van der Waals surface area contributed by atoms with E-state index in [0.29, 0.717) is 24.4 Å². The highest BCUT2D eigenvalue weighted by Crippen LogP contribution is 2.24. The average Bonchev–Trinajstić information content (AvgIpc) is 3.04. The molecule has 2 N–H and O–H groups in total. The summed E-state index contributed by atoms with van der Waals surface area (Å²) in [6, 6.07) is 17.0. The van der Waals surface area contributed by atoms with Gasteiger partial charge in [0.2, 0.25) is 0 Å². The maximum Gasteiger partial charge on any atom is 0.256 e. The summed E-state index contributed by atoms with van der Waals surface area (Å²) in [5.41, 5.74) is 3.14. The van der Waals surface area contributed by atoms with Crippen LogP contribution in [-0.2, 0) is 9.53 Å². The molecule has 2 heterocycles. The van der Waals surface area contributed by atoms with Crippen LogP contribution in [0.25, 0.3) is 10.9 Å². The standard InChI is InChI=1S/C21H21N3O3/c1-14-19(16-9-5-6-10-17(16)22-14)21(26)24-11-12-27-18(13-24)20(25)23-15-7-3-2-4-8-15/h2-10,18,22H,11-13H2,1H3,(H,23,25). The molecular weight excluding hydrogens is 342 g/mol. The number of nitrogens with zero attached hydrogens (tertiary/aromatic N) is 1. The van der Waals surface area contributed by atoms with Gasteiger partial charge in [-0.15, -0.1) is 0 Å². The first-order chi connectivity index (χ1) is 13.1. The summed E-state index contributed by atoms with van der Waals surface area (Å²) in [7, 11) is 0. The second-order valence-electron chi connectivity index (χ2n) is 6.64. The van der Waals surface area contributed by atoms with Crippen LogP contribution in [0.4, 0.5) is 5.69 Å². The predicted octanol–water partition coefficient (Wildman–Crippen LogP) is 2.96. The van der Waals surface area contributed by atoms with E-state index in [4.69, 9.17) is 4.74 Å². The molecule has 3 aromatic rings. The Morgan fingerprint density at radius 2 is 1.85 bits per heavy atom. The SMILES string of the molecule is Cc1[nH]c2ccccc2c1C(=O)N1CCOC(C(=O)Nc2ccccc2)C1. The van der Waals surface area contributed by atoms with Crippen molar-refractivity contribution in [1.29, 1.82) is 0 Å². The zero-order valence-corrected chi connectivity index (χ0v) is 15.1. The molecule has 0 bridgehead atoms. The van der Waals surface area contributed by atoms with Gasteiger partial charge in [-0.25, -0.2) is 0 Å². The number of carbonyl (C=O) groups excluding carboxylic acids is 2. The van der Waals surface area contributed by atoms with Crippen LogP contribution in [0.15, 0.2) is 54.6 Å². The molecule has 2 aromatic carbocycles. The van der Waals surface area contributed by atoms with Crippen molar-refractivity contribution in [3.05, 3.63) is 65.9 Å². The van der Waals surface area contributed by atoms with E-state index in [0.717, 1.165) is 16.6 Å². The Labute approximate surface area is 157 Å². The second kappa shape index (κ2) is 7.25. The number of amides is 2. The van der Waals surface area contributed by atoms with Crippen molar-refractivity contribution in [1.82, 2.24) is 9.88 Å². The Balaban J connectivity index is 1.51. The van der Waals surface area contributed by atoms with Gasteiger partial charge in [0.25, 0.3) is 11.8 Å². The van der Waals surface area contributed by atoms with Gasteiger partial charge >= 0.3 is 0 Å². The number of hydrogen-bond donors (Lipinski definition) is 2. The van der Waals surface area contributed by atoms with Crippen LogP contribution in [0.5, 0.6) is 0 Å². The Morgan fingerprint density at radius 1 is 1.11 bits per heavy atom. The first kappa shape index (κ1) is 17.3. The van der Waals surface area contributed by atoms with E-state index in [1.165, 1.54) is 0 Å². The highest BCUT2D eigenvalue weighted by atomic mass is 16.5. The lowest BCUT2D eigenvalue weighted by Crippen LogP contribution is -2.50. The molecule has 0 saturated carbocycles. The van der Waals surface area contributed by atoms with Gasteiger partial charge in [-0.3, -0.25) is 9.59 Å². The van der Waals surface area contributed by atoms with Gasteiger partial charge in [0, 0.05) is 28.8 Å². The third-order valence-corrected chi connectivity index (χ3v) is 4.79. The number of anilines is 1. The first-order valence-electron chi connectivity index (χ1n) is 8.97. The minimum Gasteiger partial charge on any atom is -0.365 e. The number of aryl methyl sites for hydroxylation is 1. The van der Waals surface area contributed by atoms with Crippen LogP contribution >= 0.6 is 0 Å². The van der Waals surface area contributed by atoms with Gasteiger partial charge in [-0.05, 0) is 25.1 Å². The van der Waals surface area contributed by atoms with Crippen molar-refractivity contribution in [3.63, 3.8) is 0 Å². The molecule has 0 spiro atoms. The van der Waals surface area contributed by atoms with Crippen LogP contribution in [0.3, 0.4) is 0 Å². The summed E-state index contributed by atoms with van der Waals surface area (Å²) in [4.78, 5) is 30.6. The van der Waals surface area contributed by atoms with Gasteiger partial charge < -0.3 is 19.9 Å². The van der Waals surface area contributed by atoms with Gasteiger partial charge in [-0.2, -0.15) is 0 Å². The van der Waals surface area contributed by atoms with E-state index in [2.05, 4.69) is 10.3 Å². The molecular formula is C21H21N3O3. The van der Waals surface area contributed by atoms with Gasteiger partial charge in [0.1, 0.15) is 0 Å². The smallest absolute Gasteiger partial charge is 0.256 e. The lowest BCUT2D eigenvalue weighted by Gasteiger charge is -2.32. The summed E-state index contributed by atoms with van der Waals surface area (Å²) in [5, 5.41) is 3.74. The molecule has 1 atom stereocenters. The molecule has 27 heavy (non-hydrogen) atoms. The zero-order valence-electron chi connectivity index (χ0n) is 15.1. The van der Waals surface area contributed by atoms with Crippen molar-refractivity contribution < 1.29 is 14.3 Å². The Kier molecular flexibility index (Phi) is 4.64. The number of nitrogens with one attached hydrogen (secondary N) is 2. The number of H-pyrrole nitrogens is 1. The molecule has 1 fully saturated rings. The second-order valence-corrected chi connectivity index (χ2v) is 6.64. The molecule has 6 heteroatoms. The highest BCUT2D eigenvalue weighted by Gasteiger charge is 2.31. The van der Waals surface area contributed by atoms with Crippen molar-refractivity contribution in [2.75, 3.05) is 25.0 Å². The minimum absolute atomic E-state index is 0.0780. The number of aromatic nitrogens is 1. The number of fused-ring (bicyclic) bond motifs is 1. The molecule has 1 saturated heterocycles. The van der Waals surface area contributed by atoms with E-state index in [9.17, 15) is 9.59 Å². The lowest BCUT2D eigenvalue weighted by atomic mass is 10.1. The third-order valence-electron chi connectivity index (χ3n) is 4.79. The van der Waals surface area contributed by atoms with Crippen molar-refractivity contribution >= 4 is 28.4 Å². The first-order valence-corrected chi connectivity index (χ1v) is 8.97. The Morgan fingerprint density at radius 3 is 2.67 bits per heavy atom. The fourth-order valence-electron chi connectivity index (χ4n) is 3.45. The molecule has 1 aromatic heterocycles. The van der Waals surface area contributed by atoms with E-state index in [1.54, 1.807) is 4.90 Å². The van der Waals surface area contributed by atoms with Crippen LogP contribution < -0.4 is 5.32 Å². The van der Waals surface area contributed by atoms with Crippen molar-refractivity contribution in [2.45, 2.75) is 13.0 Å². The summed E-state index contributed by atoms with van der Waals surface area (Å²) >= 11 is 0. The number of benzene rings is 2. The number of carbonyl (C=O) groups is 2. The van der Waals surface area contributed by atoms with E-state index >= 15 is 0 Å². The number of aromatic amines is 1. The summed E-state index contributed by atoms with van der Waals surface area (Å²) in [6.45, 7) is 2.93. The quantitative estimate of drug-likeness (QED) is 0.751. The molecule has 1 unspecified atom stereocenters. The minimum atomic E-state index is -0.687. The van der Waals surface area contributed by atoms with Crippen molar-refractivity contribution in [2.24, 2.45) is 0 Å². The number of ether oxygens (including phenoxy) is 1. The molecule has 6 nitrogen and oxygen atoms in total. The summed E-state index contributed by atoms with van der Waals surface area (Å²) < 4.78 is 5.61. The predicted molar refractivity (Wildman–Crippen MR) is 104 cm³/mol. The van der Waals surface area contributed by atoms with Crippen LogP contribution in [0.1, 0.15) is 16.1 Å². The van der Waals surface area contributed by atoms with E-state index in [1.807, 2.05) is 61.5 Å². The fourth-order valence-corrected chi connectivity index (χ4v) is 3.45. The Bertz CT molecular complexity index is 981.